The first-order chi connectivity index (χ1) is 9.71. The quantitative estimate of drug-likeness (QED) is 0.687. The third-order valence-corrected chi connectivity index (χ3v) is 3.71. The van der Waals surface area contributed by atoms with Crippen LogP contribution in [0.2, 0.25) is 0 Å². The zero-order chi connectivity index (χ0) is 16.5. The molecule has 0 saturated heterocycles. The number of hydrogen-bond donors (Lipinski definition) is 2. The van der Waals surface area contributed by atoms with Gasteiger partial charge in [0, 0.05) is 19.7 Å². The van der Waals surface area contributed by atoms with Crippen molar-refractivity contribution in [2.24, 2.45) is 0 Å². The molecule has 5 heteroatoms. The molecule has 0 aliphatic rings. The first-order valence-corrected chi connectivity index (χ1v) is 7.95. The van der Waals surface area contributed by atoms with Crippen LogP contribution in [0, 0.1) is 0 Å². The van der Waals surface area contributed by atoms with E-state index in [1.165, 1.54) is 0 Å². The minimum absolute atomic E-state index is 0.288. The van der Waals surface area contributed by atoms with Gasteiger partial charge in [0.25, 0.3) is 0 Å². The van der Waals surface area contributed by atoms with Gasteiger partial charge in [-0.1, -0.05) is 20.8 Å². The van der Waals surface area contributed by atoms with Crippen molar-refractivity contribution < 1.29 is 14.3 Å². The minimum Gasteiger partial charge on any atom is -0.444 e. The Morgan fingerprint density at radius 1 is 1.14 bits per heavy atom. The number of hydrogen-bond acceptors (Lipinski definition) is 4. The van der Waals surface area contributed by atoms with Crippen molar-refractivity contribution in [2.45, 2.75) is 78.0 Å². The van der Waals surface area contributed by atoms with E-state index < -0.39 is 5.60 Å². The molecule has 0 aliphatic heterocycles. The maximum absolute atomic E-state index is 12.0. The summed E-state index contributed by atoms with van der Waals surface area (Å²) in [5.41, 5.74) is -0.768. The Balaban J connectivity index is 4.64. The van der Waals surface area contributed by atoms with Gasteiger partial charge in [-0.2, -0.15) is 0 Å². The van der Waals surface area contributed by atoms with Crippen molar-refractivity contribution in [2.75, 3.05) is 20.3 Å². The average Bonchev–Trinajstić information content (AvgIpc) is 2.39. The van der Waals surface area contributed by atoms with Crippen LogP contribution in [-0.2, 0) is 9.47 Å². The molecular formula is C16H34N2O3. The van der Waals surface area contributed by atoms with E-state index in [1.54, 1.807) is 7.11 Å². The average molecular weight is 302 g/mol. The molecule has 0 saturated carbocycles. The van der Waals surface area contributed by atoms with E-state index in [0.717, 1.165) is 19.3 Å². The summed E-state index contributed by atoms with van der Waals surface area (Å²) in [5.74, 6) is 0. The molecule has 1 amide bonds. The molecule has 2 N–H and O–H groups in total. The molecule has 0 spiro atoms. The van der Waals surface area contributed by atoms with Crippen LogP contribution in [0.4, 0.5) is 4.79 Å². The molecule has 0 radical (unpaired) electrons. The van der Waals surface area contributed by atoms with Gasteiger partial charge in [-0.25, -0.2) is 4.79 Å². The summed E-state index contributed by atoms with van der Waals surface area (Å²) in [6, 6.07) is 0.299. The lowest BCUT2D eigenvalue weighted by Gasteiger charge is -2.35. The second kappa shape index (κ2) is 9.26. The number of nitrogens with one attached hydrogen (secondary N) is 2. The van der Waals surface area contributed by atoms with Crippen LogP contribution in [-0.4, -0.2) is 43.5 Å². The van der Waals surface area contributed by atoms with Gasteiger partial charge in [0.1, 0.15) is 5.60 Å². The predicted octanol–water partition coefficient (Wildman–Crippen LogP) is 3.08. The van der Waals surface area contributed by atoms with Crippen LogP contribution in [0.15, 0.2) is 0 Å². The molecular weight excluding hydrogens is 268 g/mol. The van der Waals surface area contributed by atoms with Crippen molar-refractivity contribution in [1.29, 1.82) is 0 Å². The Hall–Kier alpha value is -0.810. The second-order valence-corrected chi connectivity index (χ2v) is 6.56. The van der Waals surface area contributed by atoms with E-state index in [-0.39, 0.29) is 11.6 Å². The number of carbonyl (C=O) groups excluding carboxylic acids is 1. The summed E-state index contributed by atoms with van der Waals surface area (Å²) >= 11 is 0. The Labute approximate surface area is 130 Å². The van der Waals surface area contributed by atoms with E-state index in [2.05, 4.69) is 31.4 Å². The lowest BCUT2D eigenvalue weighted by molar-refractivity contribution is 0.0441. The summed E-state index contributed by atoms with van der Waals surface area (Å²) < 4.78 is 10.6. The highest BCUT2D eigenvalue weighted by atomic mass is 16.6. The molecule has 1 atom stereocenters. The lowest BCUT2D eigenvalue weighted by atomic mass is 9.92. The second-order valence-electron chi connectivity index (χ2n) is 6.56. The van der Waals surface area contributed by atoms with Crippen molar-refractivity contribution in [3.63, 3.8) is 0 Å². The topological polar surface area (TPSA) is 59.6 Å². The normalized spacial score (nSPS) is 13.9. The first-order valence-electron chi connectivity index (χ1n) is 7.95. The lowest BCUT2D eigenvalue weighted by Crippen LogP contribution is -2.56. The zero-order valence-corrected chi connectivity index (χ0v) is 14.8. The van der Waals surface area contributed by atoms with Gasteiger partial charge in [0.05, 0.1) is 12.1 Å². The van der Waals surface area contributed by atoms with Gasteiger partial charge in [0.2, 0.25) is 0 Å². The number of alkyl carbamates (subject to hydrolysis) is 1. The molecule has 0 aromatic heterocycles. The Morgan fingerprint density at radius 3 is 2.10 bits per heavy atom. The van der Waals surface area contributed by atoms with Crippen LogP contribution in [0.3, 0.4) is 0 Å². The number of amides is 1. The molecule has 126 valence electrons. The van der Waals surface area contributed by atoms with Gasteiger partial charge < -0.3 is 20.1 Å². The fourth-order valence-corrected chi connectivity index (χ4v) is 2.10. The summed E-state index contributed by atoms with van der Waals surface area (Å²) in [5, 5.41) is 6.53. The number of methoxy groups -OCH3 is 1. The van der Waals surface area contributed by atoms with Crippen molar-refractivity contribution in [3.8, 4) is 0 Å². The largest absolute Gasteiger partial charge is 0.444 e. The highest BCUT2D eigenvalue weighted by Gasteiger charge is 2.30. The Morgan fingerprint density at radius 2 is 1.71 bits per heavy atom. The molecule has 0 aliphatic carbocycles. The maximum Gasteiger partial charge on any atom is 0.408 e. The molecule has 0 aromatic carbocycles. The maximum atomic E-state index is 12.0. The Kier molecular flexibility index (Phi) is 8.90. The van der Waals surface area contributed by atoms with Gasteiger partial charge in [-0.05, 0) is 40.0 Å². The smallest absolute Gasteiger partial charge is 0.408 e. The van der Waals surface area contributed by atoms with Crippen LogP contribution >= 0.6 is 0 Å². The summed E-state index contributed by atoms with van der Waals surface area (Å²) in [6.45, 7) is 13.3. The van der Waals surface area contributed by atoms with Crippen LogP contribution in [0.1, 0.15) is 60.8 Å². The number of carbonyl (C=O) groups is 1. The summed E-state index contributed by atoms with van der Waals surface area (Å²) in [4.78, 5) is 12.0. The number of rotatable bonds is 9. The van der Waals surface area contributed by atoms with Crippen molar-refractivity contribution in [3.05, 3.63) is 0 Å². The summed E-state index contributed by atoms with van der Waals surface area (Å²) in [6.07, 6.45) is 2.33. The van der Waals surface area contributed by atoms with E-state index in [0.29, 0.717) is 19.2 Å². The SMILES string of the molecule is CCC(COC)NCC(CC)(CC)NC(=O)OC(C)(C)C. The molecule has 0 rings (SSSR count). The van der Waals surface area contributed by atoms with Gasteiger partial charge in [0.15, 0.2) is 0 Å². The van der Waals surface area contributed by atoms with Crippen LogP contribution in [0.25, 0.3) is 0 Å². The van der Waals surface area contributed by atoms with E-state index in [1.807, 2.05) is 20.8 Å². The van der Waals surface area contributed by atoms with Crippen LogP contribution < -0.4 is 10.6 Å². The molecule has 1 unspecified atom stereocenters. The summed E-state index contributed by atoms with van der Waals surface area (Å²) in [7, 11) is 1.70. The number of ether oxygens (including phenoxy) is 2. The van der Waals surface area contributed by atoms with Crippen molar-refractivity contribution in [1.82, 2.24) is 10.6 Å². The molecule has 0 fully saturated rings. The fraction of sp³-hybridized carbons (Fsp3) is 0.938. The zero-order valence-electron chi connectivity index (χ0n) is 14.8. The standard InChI is InChI=1S/C16H34N2O3/c1-8-13(11-20-7)17-12-16(9-2,10-3)18-14(19)21-15(4,5)6/h13,17H,8-12H2,1-7H3,(H,18,19). The molecule has 0 aromatic rings. The van der Waals surface area contributed by atoms with Gasteiger partial charge in [-0.15, -0.1) is 0 Å². The monoisotopic (exact) mass is 302 g/mol. The molecule has 0 bridgehead atoms. The fourth-order valence-electron chi connectivity index (χ4n) is 2.10. The predicted molar refractivity (Wildman–Crippen MR) is 86.6 cm³/mol. The molecule has 0 heterocycles. The van der Waals surface area contributed by atoms with Gasteiger partial charge >= 0.3 is 6.09 Å². The van der Waals surface area contributed by atoms with E-state index >= 15 is 0 Å². The Bertz CT molecular complexity index is 296. The molecule has 21 heavy (non-hydrogen) atoms. The third-order valence-electron chi connectivity index (χ3n) is 3.71. The van der Waals surface area contributed by atoms with E-state index in [4.69, 9.17) is 9.47 Å². The highest BCUT2D eigenvalue weighted by molar-refractivity contribution is 5.68. The third kappa shape index (κ3) is 8.27. The minimum atomic E-state index is -0.479. The van der Waals surface area contributed by atoms with Crippen molar-refractivity contribution >= 4 is 6.09 Å². The molecule has 5 nitrogen and oxygen atoms in total. The highest BCUT2D eigenvalue weighted by Crippen LogP contribution is 2.16. The van der Waals surface area contributed by atoms with Gasteiger partial charge in [-0.3, -0.25) is 0 Å². The first kappa shape index (κ1) is 20.2. The van der Waals surface area contributed by atoms with E-state index in [9.17, 15) is 4.79 Å². The van der Waals surface area contributed by atoms with Crippen LogP contribution in [0.5, 0.6) is 0 Å².